The van der Waals surface area contributed by atoms with Gasteiger partial charge in [-0.1, -0.05) is 17.7 Å². The van der Waals surface area contributed by atoms with E-state index in [4.69, 9.17) is 5.73 Å². The van der Waals surface area contributed by atoms with Crippen LogP contribution >= 0.6 is 11.8 Å². The van der Waals surface area contributed by atoms with Crippen LogP contribution in [-0.4, -0.2) is 16.9 Å². The molecule has 1 heterocycles. The monoisotopic (exact) mass is 167 g/mol. The lowest BCUT2D eigenvalue weighted by atomic mass is 10.1. The van der Waals surface area contributed by atoms with Gasteiger partial charge in [0.1, 0.15) is 5.25 Å². The van der Waals surface area contributed by atoms with E-state index in [-0.39, 0.29) is 11.2 Å². The fraction of sp³-hybridized carbons (Fsp3) is 0.375. The van der Waals surface area contributed by atoms with Crippen LogP contribution in [0.3, 0.4) is 0 Å². The third-order valence-electron chi connectivity index (χ3n) is 2.04. The molecule has 0 aromatic heterocycles. The van der Waals surface area contributed by atoms with Gasteiger partial charge in [0.15, 0.2) is 0 Å². The number of nitrogens with two attached hydrogens (primary N) is 1. The Morgan fingerprint density at radius 3 is 3.27 bits per heavy atom. The van der Waals surface area contributed by atoms with Gasteiger partial charge in [-0.3, -0.25) is 4.79 Å². The molecule has 0 spiro atoms. The van der Waals surface area contributed by atoms with Crippen LogP contribution in [-0.2, 0) is 4.79 Å². The molecule has 0 radical (unpaired) electrons. The Balaban J connectivity index is 2.28. The second kappa shape index (κ2) is 2.41. The highest BCUT2D eigenvalue weighted by Crippen LogP contribution is 2.38. The summed E-state index contributed by atoms with van der Waals surface area (Å²) >= 11 is 1.64. The lowest BCUT2D eigenvalue weighted by molar-refractivity contribution is -0.116. The molecule has 3 heteroatoms. The topological polar surface area (TPSA) is 43.1 Å². The van der Waals surface area contributed by atoms with Gasteiger partial charge < -0.3 is 5.73 Å². The Morgan fingerprint density at radius 1 is 1.73 bits per heavy atom. The van der Waals surface area contributed by atoms with E-state index < -0.39 is 0 Å². The molecule has 2 nitrogen and oxygen atoms in total. The summed E-state index contributed by atoms with van der Waals surface area (Å²) in [6.45, 7) is 0. The molecule has 0 saturated heterocycles. The average Bonchev–Trinajstić information content (AvgIpc) is 2.41. The summed E-state index contributed by atoms with van der Waals surface area (Å²) in [5, 5.41) is -0.0660. The Morgan fingerprint density at radius 2 is 2.55 bits per heavy atom. The molecule has 0 aromatic rings. The van der Waals surface area contributed by atoms with Gasteiger partial charge in [0.2, 0.25) is 5.91 Å². The SMILES string of the molecule is NC(=O)C1SCC2=C1C=CC2. The molecule has 1 atom stereocenters. The maximum Gasteiger partial charge on any atom is 0.235 e. The largest absolute Gasteiger partial charge is 0.368 e. The van der Waals surface area contributed by atoms with Crippen LogP contribution in [0, 0.1) is 0 Å². The van der Waals surface area contributed by atoms with Crippen LogP contribution in [0.25, 0.3) is 0 Å². The van der Waals surface area contributed by atoms with Gasteiger partial charge in [-0.25, -0.2) is 0 Å². The fourth-order valence-electron chi connectivity index (χ4n) is 1.49. The van der Waals surface area contributed by atoms with Crippen molar-refractivity contribution in [2.24, 2.45) is 5.73 Å². The number of primary amides is 1. The zero-order valence-electron chi connectivity index (χ0n) is 6.04. The first-order chi connectivity index (χ1) is 5.29. The molecular weight excluding hydrogens is 158 g/mol. The zero-order chi connectivity index (χ0) is 7.84. The lowest BCUT2D eigenvalue weighted by Gasteiger charge is -2.04. The molecule has 1 amide bonds. The van der Waals surface area contributed by atoms with Crippen LogP contribution in [0.5, 0.6) is 0 Å². The number of thioether (sulfide) groups is 1. The van der Waals surface area contributed by atoms with Crippen molar-refractivity contribution in [2.45, 2.75) is 11.7 Å². The molecule has 2 N–H and O–H groups in total. The first kappa shape index (κ1) is 6.98. The average molecular weight is 167 g/mol. The Hall–Kier alpha value is -0.700. The molecule has 0 fully saturated rings. The summed E-state index contributed by atoms with van der Waals surface area (Å²) < 4.78 is 0. The summed E-state index contributed by atoms with van der Waals surface area (Å²) in [5.74, 6) is 0.780. The molecule has 11 heavy (non-hydrogen) atoms. The number of allylic oxidation sites excluding steroid dienone is 2. The van der Waals surface area contributed by atoms with Crippen molar-refractivity contribution in [1.82, 2.24) is 0 Å². The maximum atomic E-state index is 10.9. The van der Waals surface area contributed by atoms with E-state index in [9.17, 15) is 4.79 Å². The molecule has 0 saturated carbocycles. The first-order valence-corrected chi connectivity index (χ1v) is 4.63. The smallest absolute Gasteiger partial charge is 0.235 e. The Bertz CT molecular complexity index is 267. The summed E-state index contributed by atoms with van der Waals surface area (Å²) in [5.41, 5.74) is 7.78. The zero-order valence-corrected chi connectivity index (χ0v) is 6.86. The molecular formula is C8H9NOS. The van der Waals surface area contributed by atoms with Gasteiger partial charge in [0.25, 0.3) is 0 Å². The predicted octanol–water partition coefficient (Wildman–Crippen LogP) is 0.844. The van der Waals surface area contributed by atoms with Crippen LogP contribution in [0.2, 0.25) is 0 Å². The molecule has 0 bridgehead atoms. The maximum absolute atomic E-state index is 10.9. The van der Waals surface area contributed by atoms with E-state index in [1.54, 1.807) is 11.8 Å². The van der Waals surface area contributed by atoms with E-state index in [0.717, 1.165) is 12.2 Å². The van der Waals surface area contributed by atoms with E-state index >= 15 is 0 Å². The van der Waals surface area contributed by atoms with Crippen LogP contribution in [0.4, 0.5) is 0 Å². The normalized spacial score (nSPS) is 27.8. The van der Waals surface area contributed by atoms with Gasteiger partial charge in [0, 0.05) is 5.75 Å². The number of hydrogen-bond acceptors (Lipinski definition) is 2. The molecule has 2 aliphatic rings. The van der Waals surface area contributed by atoms with Gasteiger partial charge >= 0.3 is 0 Å². The molecule has 58 valence electrons. The third kappa shape index (κ3) is 0.997. The minimum Gasteiger partial charge on any atom is -0.368 e. The van der Waals surface area contributed by atoms with Crippen molar-refractivity contribution in [1.29, 1.82) is 0 Å². The molecule has 1 aliphatic carbocycles. The van der Waals surface area contributed by atoms with Crippen molar-refractivity contribution < 1.29 is 4.79 Å². The number of hydrogen-bond donors (Lipinski definition) is 1. The fourth-order valence-corrected chi connectivity index (χ4v) is 2.73. The van der Waals surface area contributed by atoms with Gasteiger partial charge in [0.05, 0.1) is 0 Å². The van der Waals surface area contributed by atoms with Crippen molar-refractivity contribution in [3.63, 3.8) is 0 Å². The second-order valence-corrected chi connectivity index (χ2v) is 3.85. The van der Waals surface area contributed by atoms with Crippen molar-refractivity contribution >= 4 is 17.7 Å². The van der Waals surface area contributed by atoms with Gasteiger partial charge in [-0.05, 0) is 12.0 Å². The standard InChI is InChI=1S/C8H9NOS/c9-8(10)7-6-3-1-2-5(6)4-11-7/h1,3,7H,2,4H2,(H2,9,10). The van der Waals surface area contributed by atoms with Crippen molar-refractivity contribution in [3.05, 3.63) is 23.3 Å². The highest BCUT2D eigenvalue weighted by molar-refractivity contribution is 8.01. The van der Waals surface area contributed by atoms with Crippen molar-refractivity contribution in [2.75, 3.05) is 5.75 Å². The van der Waals surface area contributed by atoms with E-state index in [2.05, 4.69) is 6.08 Å². The number of rotatable bonds is 1. The number of amides is 1. The Labute approximate surface area is 69.5 Å². The molecule has 0 aromatic carbocycles. The predicted molar refractivity (Wildman–Crippen MR) is 46.2 cm³/mol. The summed E-state index contributed by atoms with van der Waals surface area (Å²) in [7, 11) is 0. The third-order valence-corrected chi connectivity index (χ3v) is 3.37. The Kier molecular flexibility index (Phi) is 1.53. The van der Waals surface area contributed by atoms with Gasteiger partial charge in [-0.15, -0.1) is 11.8 Å². The lowest BCUT2D eigenvalue weighted by Crippen LogP contribution is -2.25. The number of carbonyl (C=O) groups excluding carboxylic acids is 1. The van der Waals surface area contributed by atoms with Crippen LogP contribution < -0.4 is 5.73 Å². The van der Waals surface area contributed by atoms with E-state index in [1.807, 2.05) is 6.08 Å². The minimum atomic E-state index is -0.202. The molecule has 1 aliphatic heterocycles. The molecule has 1 unspecified atom stereocenters. The summed E-state index contributed by atoms with van der Waals surface area (Å²) in [4.78, 5) is 10.9. The second-order valence-electron chi connectivity index (χ2n) is 2.76. The summed E-state index contributed by atoms with van der Waals surface area (Å²) in [6.07, 6.45) is 5.15. The quantitative estimate of drug-likeness (QED) is 0.629. The highest BCUT2D eigenvalue weighted by atomic mass is 32.2. The first-order valence-electron chi connectivity index (χ1n) is 3.58. The minimum absolute atomic E-state index is 0.0660. The van der Waals surface area contributed by atoms with Crippen molar-refractivity contribution in [3.8, 4) is 0 Å². The molecule has 2 rings (SSSR count). The number of carbonyl (C=O) groups is 1. The van der Waals surface area contributed by atoms with E-state index in [0.29, 0.717) is 0 Å². The van der Waals surface area contributed by atoms with Gasteiger partial charge in [-0.2, -0.15) is 0 Å². The summed E-state index contributed by atoms with van der Waals surface area (Å²) in [6, 6.07) is 0. The van der Waals surface area contributed by atoms with Crippen LogP contribution in [0.15, 0.2) is 23.3 Å². The van der Waals surface area contributed by atoms with E-state index in [1.165, 1.54) is 11.1 Å². The van der Waals surface area contributed by atoms with Crippen LogP contribution in [0.1, 0.15) is 6.42 Å². The highest BCUT2D eigenvalue weighted by Gasteiger charge is 2.29.